The zero-order valence-corrected chi connectivity index (χ0v) is 45.8. The molecule has 0 aromatic heterocycles. The number of ether oxygens (including phenoxy) is 9. The van der Waals surface area contributed by atoms with Gasteiger partial charge in [0.25, 0.3) is 0 Å². The van der Waals surface area contributed by atoms with Crippen LogP contribution < -0.4 is 10.6 Å². The van der Waals surface area contributed by atoms with Crippen LogP contribution in [0.2, 0.25) is 0 Å². The normalized spacial score (nSPS) is 12.7. The third-order valence-corrected chi connectivity index (χ3v) is 11.9. The molecule has 2 atom stereocenters. The molecule has 2 N–H and O–H groups in total. The van der Waals surface area contributed by atoms with Crippen molar-refractivity contribution < 1.29 is 52.2 Å². The second-order valence-electron chi connectivity index (χ2n) is 18.7. The van der Waals surface area contributed by atoms with Crippen molar-refractivity contribution in [3.05, 3.63) is 24.3 Å². The minimum absolute atomic E-state index is 0.0123. The monoisotopic (exact) mass is 999 g/mol. The number of nitrogens with one attached hydrogen (secondary N) is 2. The highest BCUT2D eigenvalue weighted by molar-refractivity contribution is 5.72. The van der Waals surface area contributed by atoms with Crippen LogP contribution in [0, 0.1) is 0 Å². The average molecular weight is 1000 g/mol. The Morgan fingerprint density at radius 2 is 0.814 bits per heavy atom. The molecule has 414 valence electrons. The topological polar surface area (TPSA) is 141 Å². The maximum absolute atomic E-state index is 12.0. The number of esters is 2. The molecule has 0 aromatic rings. The third-order valence-electron chi connectivity index (χ3n) is 11.9. The van der Waals surface area contributed by atoms with Gasteiger partial charge >= 0.3 is 11.9 Å². The fraction of sp³-hybridized carbons (Fsp3) is 0.895. The summed E-state index contributed by atoms with van der Waals surface area (Å²) in [5, 5.41) is 5.91. The SMILES string of the molecule is CCCCCCCC/C=C\CCCCCCCCOCC(COCCOCCOCCOCCOC(=O)CNC(C)COC(=O)CNCCOC)OCCCCCCCC/C=C\CCCCCCCC. The molecule has 0 spiro atoms. The lowest BCUT2D eigenvalue weighted by Gasteiger charge is -2.18. The van der Waals surface area contributed by atoms with E-state index in [1.165, 1.54) is 167 Å². The number of hydrogen-bond donors (Lipinski definition) is 2. The quantitative estimate of drug-likeness (QED) is 0.0339. The number of carbonyl (C=O) groups excluding carboxylic acids is 2. The van der Waals surface area contributed by atoms with Crippen molar-refractivity contribution in [1.82, 2.24) is 10.6 Å². The van der Waals surface area contributed by atoms with Crippen molar-refractivity contribution in [2.45, 2.75) is 213 Å². The predicted molar refractivity (Wildman–Crippen MR) is 287 cm³/mol. The second kappa shape index (κ2) is 59.6. The van der Waals surface area contributed by atoms with Crippen molar-refractivity contribution in [2.75, 3.05) is 119 Å². The summed E-state index contributed by atoms with van der Waals surface area (Å²) in [5.41, 5.74) is 0. The highest BCUT2D eigenvalue weighted by Gasteiger charge is 2.12. The van der Waals surface area contributed by atoms with Gasteiger partial charge in [0.05, 0.1) is 79.2 Å². The van der Waals surface area contributed by atoms with Crippen LogP contribution in [0.5, 0.6) is 0 Å². The largest absolute Gasteiger partial charge is 0.463 e. The lowest BCUT2D eigenvalue weighted by atomic mass is 10.1. The predicted octanol–water partition coefficient (Wildman–Crippen LogP) is 11.8. The van der Waals surface area contributed by atoms with Crippen molar-refractivity contribution in [3.63, 3.8) is 0 Å². The van der Waals surface area contributed by atoms with Crippen LogP contribution in [0.25, 0.3) is 0 Å². The van der Waals surface area contributed by atoms with Crippen molar-refractivity contribution in [2.24, 2.45) is 0 Å². The Labute approximate surface area is 429 Å². The molecule has 0 fully saturated rings. The van der Waals surface area contributed by atoms with E-state index in [0.717, 1.165) is 26.1 Å². The highest BCUT2D eigenvalue weighted by atomic mass is 16.6. The van der Waals surface area contributed by atoms with Crippen molar-refractivity contribution in [3.8, 4) is 0 Å². The molecule has 0 heterocycles. The zero-order valence-electron chi connectivity index (χ0n) is 45.8. The third kappa shape index (κ3) is 57.0. The molecule has 0 aliphatic heterocycles. The van der Waals surface area contributed by atoms with Gasteiger partial charge in [-0.3, -0.25) is 9.59 Å². The van der Waals surface area contributed by atoms with Gasteiger partial charge in [-0.15, -0.1) is 0 Å². The summed E-state index contributed by atoms with van der Waals surface area (Å²) in [7, 11) is 1.60. The Balaban J connectivity index is 4.09. The van der Waals surface area contributed by atoms with Crippen LogP contribution in [0.4, 0.5) is 0 Å². The maximum Gasteiger partial charge on any atom is 0.320 e. The van der Waals surface area contributed by atoms with Crippen LogP contribution in [0.3, 0.4) is 0 Å². The maximum atomic E-state index is 12.0. The van der Waals surface area contributed by atoms with E-state index in [9.17, 15) is 9.59 Å². The summed E-state index contributed by atoms with van der Waals surface area (Å²) in [4.78, 5) is 23.7. The number of unbranched alkanes of at least 4 members (excludes halogenated alkanes) is 24. The summed E-state index contributed by atoms with van der Waals surface area (Å²) >= 11 is 0. The molecule has 13 nitrogen and oxygen atoms in total. The van der Waals surface area contributed by atoms with Crippen molar-refractivity contribution >= 4 is 11.9 Å². The molecule has 70 heavy (non-hydrogen) atoms. The van der Waals surface area contributed by atoms with E-state index < -0.39 is 5.97 Å². The molecule has 0 bridgehead atoms. The molecule has 0 saturated carbocycles. The fourth-order valence-corrected chi connectivity index (χ4v) is 7.50. The first-order chi connectivity index (χ1) is 34.5. The Bertz CT molecular complexity index is 1110. The van der Waals surface area contributed by atoms with Gasteiger partial charge in [-0.05, 0) is 71.1 Å². The van der Waals surface area contributed by atoms with E-state index in [-0.39, 0.29) is 51.0 Å². The van der Waals surface area contributed by atoms with Gasteiger partial charge in [-0.25, -0.2) is 0 Å². The molecule has 0 radical (unpaired) electrons. The fourth-order valence-electron chi connectivity index (χ4n) is 7.50. The van der Waals surface area contributed by atoms with Gasteiger partial charge in [0.15, 0.2) is 0 Å². The van der Waals surface area contributed by atoms with Crippen LogP contribution >= 0.6 is 0 Å². The van der Waals surface area contributed by atoms with Crippen molar-refractivity contribution in [1.29, 1.82) is 0 Å². The first-order valence-electron chi connectivity index (χ1n) is 28.6. The lowest BCUT2D eigenvalue weighted by molar-refractivity contribution is -0.144. The summed E-state index contributed by atoms with van der Waals surface area (Å²) < 4.78 is 50.4. The Hall–Kier alpha value is -1.94. The molecular weight excluding hydrogens is 889 g/mol. The number of carbonyl (C=O) groups is 2. The lowest BCUT2D eigenvalue weighted by Crippen LogP contribution is -2.37. The molecule has 2 unspecified atom stereocenters. The van der Waals surface area contributed by atoms with E-state index >= 15 is 0 Å². The Morgan fingerprint density at radius 1 is 0.414 bits per heavy atom. The van der Waals surface area contributed by atoms with E-state index in [4.69, 9.17) is 42.6 Å². The van der Waals surface area contributed by atoms with E-state index in [0.29, 0.717) is 66.0 Å². The van der Waals surface area contributed by atoms with Crippen LogP contribution in [-0.2, 0) is 52.2 Å². The molecular formula is C57H110N2O11. The smallest absolute Gasteiger partial charge is 0.320 e. The van der Waals surface area contributed by atoms with E-state index in [2.05, 4.69) is 48.8 Å². The molecule has 0 rings (SSSR count). The van der Waals surface area contributed by atoms with E-state index in [1.807, 2.05) is 6.92 Å². The van der Waals surface area contributed by atoms with Crippen LogP contribution in [0.1, 0.15) is 201 Å². The summed E-state index contributed by atoms with van der Waals surface area (Å²) in [6.45, 7) is 13.4. The average Bonchev–Trinajstić information content (AvgIpc) is 3.36. The Kier molecular flexibility index (Phi) is 58.0. The number of hydrogen-bond acceptors (Lipinski definition) is 13. The van der Waals surface area contributed by atoms with Crippen LogP contribution in [0.15, 0.2) is 24.3 Å². The second-order valence-corrected chi connectivity index (χ2v) is 18.7. The number of allylic oxidation sites excluding steroid dienone is 4. The summed E-state index contributed by atoms with van der Waals surface area (Å²) in [5.74, 6) is -0.763. The van der Waals surface area contributed by atoms with Gasteiger partial charge in [-0.2, -0.15) is 0 Å². The first kappa shape index (κ1) is 68.1. The van der Waals surface area contributed by atoms with E-state index in [1.54, 1.807) is 7.11 Å². The minimum atomic E-state index is -0.403. The molecule has 0 amide bonds. The number of rotatable bonds is 59. The van der Waals surface area contributed by atoms with Gasteiger partial charge in [0, 0.05) is 32.9 Å². The molecule has 13 heteroatoms. The van der Waals surface area contributed by atoms with Gasteiger partial charge < -0.3 is 53.3 Å². The highest BCUT2D eigenvalue weighted by Crippen LogP contribution is 2.12. The van der Waals surface area contributed by atoms with Crippen LogP contribution in [-0.4, -0.2) is 143 Å². The summed E-state index contributed by atoms with van der Waals surface area (Å²) in [6.07, 6.45) is 45.9. The first-order valence-corrected chi connectivity index (χ1v) is 28.6. The Morgan fingerprint density at radius 3 is 1.30 bits per heavy atom. The van der Waals surface area contributed by atoms with Gasteiger partial charge in [0.1, 0.15) is 19.3 Å². The van der Waals surface area contributed by atoms with Gasteiger partial charge in [0.2, 0.25) is 0 Å². The van der Waals surface area contributed by atoms with Gasteiger partial charge in [-0.1, -0.05) is 154 Å². The standard InChI is InChI=1S/C57H110N2O11/c1-5-7-9-11-13-15-17-19-21-23-25-27-29-31-33-35-38-66-52-55(68-39-36-34-32-30-28-26-24-22-20-18-16-14-12-10-8-6-2)53-67-46-45-64-42-41-63-43-44-65-47-48-69-57(61)50-59-54(3)51-70-56(60)49-58-37-40-62-4/h19-22,54-55,58-59H,5-18,23-53H2,1-4H3/b21-19-,22-20-. The molecule has 0 aromatic carbocycles. The minimum Gasteiger partial charge on any atom is -0.463 e. The molecule has 0 aliphatic rings. The summed E-state index contributed by atoms with van der Waals surface area (Å²) in [6, 6.07) is -0.193. The molecule has 0 saturated heterocycles. The molecule has 0 aliphatic carbocycles. The zero-order chi connectivity index (χ0) is 50.7. The number of methoxy groups -OCH3 is 1.